The van der Waals surface area contributed by atoms with Crippen LogP contribution in [-0.4, -0.2) is 12.7 Å². The third kappa shape index (κ3) is 5.26. The second-order valence-electron chi connectivity index (χ2n) is 4.11. The summed E-state index contributed by atoms with van der Waals surface area (Å²) >= 11 is 0. The molecule has 5 heteroatoms. The Kier molecular flexibility index (Phi) is 5.05. The first-order valence-electron chi connectivity index (χ1n) is 5.79. The minimum atomic E-state index is -4.12. The molecule has 0 aromatic carbocycles. The van der Waals surface area contributed by atoms with E-state index in [-0.39, 0.29) is 12.5 Å². The lowest BCUT2D eigenvalue weighted by Crippen LogP contribution is -2.23. The summed E-state index contributed by atoms with van der Waals surface area (Å²) in [5.41, 5.74) is 0. The quantitative estimate of drug-likeness (QED) is 0.825. The number of nitrogens with one attached hydrogen (secondary N) is 1. The molecule has 1 aromatic rings. The highest BCUT2D eigenvalue weighted by Gasteiger charge is 2.29. The number of hydrogen-bond acceptors (Lipinski definition) is 2. The topological polar surface area (TPSA) is 25.2 Å². The molecule has 1 unspecified atom stereocenters. The molecule has 98 valence electrons. The van der Waals surface area contributed by atoms with Crippen molar-refractivity contribution >= 4 is 0 Å². The Morgan fingerprint density at radius 3 is 2.53 bits per heavy atom. The highest BCUT2D eigenvalue weighted by Crippen LogP contribution is 2.28. The summed E-state index contributed by atoms with van der Waals surface area (Å²) in [6, 6.07) is 3.15. The Morgan fingerprint density at radius 1 is 1.35 bits per heavy atom. The van der Waals surface area contributed by atoms with Gasteiger partial charge in [-0.3, -0.25) is 0 Å². The average Bonchev–Trinajstić information content (AvgIpc) is 2.63. The maximum atomic E-state index is 12.2. The molecule has 0 amide bonds. The zero-order chi connectivity index (χ0) is 12.9. The zero-order valence-electron chi connectivity index (χ0n) is 10.1. The molecule has 0 fully saturated rings. The number of aryl methyl sites for hydroxylation is 1. The van der Waals surface area contributed by atoms with Crippen LogP contribution in [0, 0.1) is 6.92 Å². The molecule has 0 bridgehead atoms. The third-order valence-electron chi connectivity index (χ3n) is 2.46. The fourth-order valence-corrected chi connectivity index (χ4v) is 1.61. The fraction of sp³-hybridized carbons (Fsp3) is 0.667. The monoisotopic (exact) mass is 249 g/mol. The summed E-state index contributed by atoms with van der Waals surface area (Å²) in [5.74, 6) is 1.30. The van der Waals surface area contributed by atoms with E-state index in [4.69, 9.17) is 4.42 Å². The normalized spacial score (nSPS) is 13.9. The lowest BCUT2D eigenvalue weighted by Gasteiger charge is -2.17. The van der Waals surface area contributed by atoms with Crippen LogP contribution in [0.3, 0.4) is 0 Å². The molecule has 0 saturated heterocycles. The van der Waals surface area contributed by atoms with Gasteiger partial charge >= 0.3 is 6.18 Å². The predicted molar refractivity (Wildman–Crippen MR) is 59.8 cm³/mol. The van der Waals surface area contributed by atoms with Gasteiger partial charge in [-0.1, -0.05) is 6.92 Å². The van der Waals surface area contributed by atoms with Gasteiger partial charge in [0.25, 0.3) is 0 Å². The Labute approximate surface area is 99.2 Å². The van der Waals surface area contributed by atoms with E-state index in [2.05, 4.69) is 5.32 Å². The van der Waals surface area contributed by atoms with Crippen molar-refractivity contribution in [1.82, 2.24) is 5.32 Å². The maximum absolute atomic E-state index is 12.2. The minimum Gasteiger partial charge on any atom is -0.465 e. The van der Waals surface area contributed by atoms with E-state index in [0.29, 0.717) is 12.3 Å². The van der Waals surface area contributed by atoms with Crippen LogP contribution >= 0.6 is 0 Å². The summed E-state index contributed by atoms with van der Waals surface area (Å²) in [6.07, 6.45) is -4.03. The van der Waals surface area contributed by atoms with Crippen LogP contribution in [-0.2, 0) is 0 Å². The van der Waals surface area contributed by atoms with Crippen molar-refractivity contribution < 1.29 is 17.6 Å². The van der Waals surface area contributed by atoms with Crippen molar-refractivity contribution in [3.8, 4) is 0 Å². The zero-order valence-corrected chi connectivity index (χ0v) is 10.1. The summed E-state index contributed by atoms with van der Waals surface area (Å²) in [6.45, 7) is 4.44. The van der Waals surface area contributed by atoms with Gasteiger partial charge in [0.1, 0.15) is 11.5 Å². The Balaban J connectivity index is 2.60. The summed E-state index contributed by atoms with van der Waals surface area (Å²) in [5, 5.41) is 3.08. The van der Waals surface area contributed by atoms with Crippen molar-refractivity contribution in [2.75, 3.05) is 6.54 Å². The first-order chi connectivity index (χ1) is 7.92. The van der Waals surface area contributed by atoms with Gasteiger partial charge in [-0.25, -0.2) is 0 Å². The van der Waals surface area contributed by atoms with E-state index in [1.54, 1.807) is 19.1 Å². The molecule has 0 spiro atoms. The minimum absolute atomic E-state index is 0.0104. The van der Waals surface area contributed by atoms with Crippen LogP contribution in [0.15, 0.2) is 16.5 Å². The Morgan fingerprint density at radius 2 is 2.06 bits per heavy atom. The van der Waals surface area contributed by atoms with Gasteiger partial charge in [0, 0.05) is 6.42 Å². The first kappa shape index (κ1) is 14.1. The molecule has 0 radical (unpaired) electrons. The van der Waals surface area contributed by atoms with Crippen molar-refractivity contribution in [3.05, 3.63) is 23.7 Å². The number of furan rings is 1. The van der Waals surface area contributed by atoms with Crippen LogP contribution in [0.5, 0.6) is 0 Å². The van der Waals surface area contributed by atoms with Gasteiger partial charge in [0.15, 0.2) is 0 Å². The lowest BCUT2D eigenvalue weighted by atomic mass is 10.1. The summed E-state index contributed by atoms with van der Waals surface area (Å²) < 4.78 is 42.0. The van der Waals surface area contributed by atoms with Crippen molar-refractivity contribution in [2.45, 2.75) is 45.3 Å². The molecule has 0 aliphatic rings. The molecule has 0 aliphatic heterocycles. The average molecular weight is 249 g/mol. The molecule has 2 nitrogen and oxygen atoms in total. The van der Waals surface area contributed by atoms with Crippen LogP contribution in [0.1, 0.15) is 43.7 Å². The third-order valence-corrected chi connectivity index (χ3v) is 2.46. The Bertz CT molecular complexity index is 333. The second-order valence-corrected chi connectivity index (χ2v) is 4.11. The van der Waals surface area contributed by atoms with Gasteiger partial charge in [0.2, 0.25) is 0 Å². The number of halogens is 3. The van der Waals surface area contributed by atoms with E-state index in [1.165, 1.54) is 0 Å². The molecular formula is C12H18F3NO. The molecule has 1 heterocycles. The summed E-state index contributed by atoms with van der Waals surface area (Å²) in [7, 11) is 0. The van der Waals surface area contributed by atoms with E-state index in [1.807, 2.05) is 6.92 Å². The van der Waals surface area contributed by atoms with Gasteiger partial charge in [-0.05, 0) is 38.4 Å². The van der Waals surface area contributed by atoms with Crippen molar-refractivity contribution in [1.29, 1.82) is 0 Å². The molecular weight excluding hydrogens is 231 g/mol. The lowest BCUT2D eigenvalue weighted by molar-refractivity contribution is -0.136. The van der Waals surface area contributed by atoms with E-state index < -0.39 is 12.6 Å². The smallest absolute Gasteiger partial charge is 0.389 e. The predicted octanol–water partition coefficient (Wildman–Crippen LogP) is 3.97. The molecule has 1 atom stereocenters. The second kappa shape index (κ2) is 6.10. The molecule has 0 aliphatic carbocycles. The summed E-state index contributed by atoms with van der Waals surface area (Å²) in [4.78, 5) is 0. The van der Waals surface area contributed by atoms with Crippen LogP contribution < -0.4 is 5.32 Å². The number of rotatable bonds is 6. The van der Waals surface area contributed by atoms with Gasteiger partial charge in [-0.15, -0.1) is 0 Å². The Hall–Kier alpha value is -0.970. The SMILES string of the molecule is CCCNC(CCC(F)(F)F)c1ccc(C)o1. The first-order valence-corrected chi connectivity index (χ1v) is 5.79. The van der Waals surface area contributed by atoms with Gasteiger partial charge in [0.05, 0.1) is 6.04 Å². The molecule has 17 heavy (non-hydrogen) atoms. The number of hydrogen-bond donors (Lipinski definition) is 1. The maximum Gasteiger partial charge on any atom is 0.389 e. The van der Waals surface area contributed by atoms with Crippen LogP contribution in [0.4, 0.5) is 13.2 Å². The van der Waals surface area contributed by atoms with E-state index in [9.17, 15) is 13.2 Å². The van der Waals surface area contributed by atoms with Gasteiger partial charge in [-0.2, -0.15) is 13.2 Å². The molecule has 1 aromatic heterocycles. The molecule has 0 saturated carbocycles. The van der Waals surface area contributed by atoms with Crippen molar-refractivity contribution in [2.24, 2.45) is 0 Å². The largest absolute Gasteiger partial charge is 0.465 e. The highest BCUT2D eigenvalue weighted by atomic mass is 19.4. The van der Waals surface area contributed by atoms with E-state index >= 15 is 0 Å². The van der Waals surface area contributed by atoms with Crippen LogP contribution in [0.25, 0.3) is 0 Å². The fourth-order valence-electron chi connectivity index (χ4n) is 1.61. The van der Waals surface area contributed by atoms with Crippen molar-refractivity contribution in [3.63, 3.8) is 0 Å². The standard InChI is InChI=1S/C12H18F3NO/c1-3-8-16-10(6-7-12(13,14)15)11-5-4-9(2)17-11/h4-5,10,16H,3,6-8H2,1-2H3. The molecule has 1 N–H and O–H groups in total. The highest BCUT2D eigenvalue weighted by molar-refractivity contribution is 5.09. The van der Waals surface area contributed by atoms with Gasteiger partial charge < -0.3 is 9.73 Å². The van der Waals surface area contributed by atoms with Crippen LogP contribution in [0.2, 0.25) is 0 Å². The molecule has 1 rings (SSSR count). The number of alkyl halides is 3. The van der Waals surface area contributed by atoms with E-state index in [0.717, 1.165) is 12.2 Å².